The highest BCUT2D eigenvalue weighted by atomic mass is 79.9. The van der Waals surface area contributed by atoms with Crippen LogP contribution in [0.3, 0.4) is 0 Å². The number of hydrogen-bond acceptors (Lipinski definition) is 5. The number of benzene rings is 2. The Labute approximate surface area is 163 Å². The van der Waals surface area contributed by atoms with Gasteiger partial charge in [0.05, 0.1) is 5.56 Å². The van der Waals surface area contributed by atoms with Crippen molar-refractivity contribution in [2.75, 3.05) is 0 Å². The van der Waals surface area contributed by atoms with Crippen LogP contribution in [0.15, 0.2) is 52.0 Å². The molecule has 1 aliphatic heterocycles. The fourth-order valence-corrected chi connectivity index (χ4v) is 3.05. The first-order chi connectivity index (χ1) is 12.3. The molecule has 2 aromatic carbocycles. The number of amides is 1. The van der Waals surface area contributed by atoms with Crippen LogP contribution in [0.2, 0.25) is 5.02 Å². The molecule has 1 aliphatic rings. The molecule has 0 bridgehead atoms. The van der Waals surface area contributed by atoms with Gasteiger partial charge in [0, 0.05) is 28.9 Å². The zero-order chi connectivity index (χ0) is 18.8. The molecule has 1 heterocycles. The Hall–Kier alpha value is -2.38. The average molecular weight is 438 g/mol. The Morgan fingerprint density at radius 1 is 1.23 bits per heavy atom. The molecular weight excluding hydrogens is 424 g/mol. The molecule has 0 aliphatic carbocycles. The lowest BCUT2D eigenvalue weighted by Gasteiger charge is -2.21. The number of carbonyl (C=O) groups excluding carboxylic acids is 2. The molecule has 0 N–H and O–H groups in total. The van der Waals surface area contributed by atoms with Gasteiger partial charge in [-0.2, -0.15) is 5.01 Å². The predicted molar refractivity (Wildman–Crippen MR) is 99.8 cm³/mol. The number of halogens is 2. The summed E-state index contributed by atoms with van der Waals surface area (Å²) in [5.41, 5.74) is 1.13. The lowest BCUT2D eigenvalue weighted by molar-refractivity contribution is -0.135. The van der Waals surface area contributed by atoms with E-state index < -0.39 is 12.2 Å². The topological polar surface area (TPSA) is 68.2 Å². The zero-order valence-corrected chi connectivity index (χ0v) is 16.2. The molecule has 0 saturated heterocycles. The Balaban J connectivity index is 2.02. The lowest BCUT2D eigenvalue weighted by atomic mass is 10.1. The number of hydrazone groups is 1. The molecule has 0 aromatic heterocycles. The van der Waals surface area contributed by atoms with Gasteiger partial charge in [-0.25, -0.2) is 0 Å². The van der Waals surface area contributed by atoms with E-state index in [9.17, 15) is 9.59 Å². The first-order valence-electron chi connectivity index (χ1n) is 7.64. The normalized spacial score (nSPS) is 16.1. The van der Waals surface area contributed by atoms with Crippen molar-refractivity contribution in [3.63, 3.8) is 0 Å². The minimum absolute atomic E-state index is 0.254. The molecule has 0 unspecified atom stereocenters. The van der Waals surface area contributed by atoms with Gasteiger partial charge in [0.1, 0.15) is 5.75 Å². The van der Waals surface area contributed by atoms with Crippen LogP contribution in [-0.2, 0) is 14.3 Å². The van der Waals surface area contributed by atoms with E-state index >= 15 is 0 Å². The third kappa shape index (κ3) is 3.89. The van der Waals surface area contributed by atoms with Crippen molar-refractivity contribution in [2.45, 2.75) is 20.1 Å². The van der Waals surface area contributed by atoms with Gasteiger partial charge in [0.15, 0.2) is 0 Å². The molecule has 0 saturated carbocycles. The molecular formula is C18H14BrClN2O4. The van der Waals surface area contributed by atoms with E-state index in [-0.39, 0.29) is 17.6 Å². The van der Waals surface area contributed by atoms with Crippen LogP contribution in [0.5, 0.6) is 5.75 Å². The number of esters is 1. The number of ether oxygens (including phenoxy) is 2. The molecule has 6 nitrogen and oxygen atoms in total. The van der Waals surface area contributed by atoms with Crippen molar-refractivity contribution >= 4 is 45.3 Å². The van der Waals surface area contributed by atoms with Gasteiger partial charge in [-0.1, -0.05) is 33.6 Å². The molecule has 26 heavy (non-hydrogen) atoms. The van der Waals surface area contributed by atoms with Crippen molar-refractivity contribution in [3.8, 4) is 5.75 Å². The summed E-state index contributed by atoms with van der Waals surface area (Å²) in [6.45, 7) is 2.67. The highest BCUT2D eigenvalue weighted by molar-refractivity contribution is 9.10. The van der Waals surface area contributed by atoms with E-state index in [2.05, 4.69) is 21.0 Å². The summed E-state index contributed by atoms with van der Waals surface area (Å²) >= 11 is 9.49. The van der Waals surface area contributed by atoms with E-state index in [1.54, 1.807) is 18.2 Å². The van der Waals surface area contributed by atoms with Crippen LogP contribution in [0.4, 0.5) is 0 Å². The zero-order valence-electron chi connectivity index (χ0n) is 13.9. The third-order valence-electron chi connectivity index (χ3n) is 3.53. The monoisotopic (exact) mass is 436 g/mol. The fraction of sp³-hybridized carbons (Fsp3) is 0.167. The number of rotatable bonds is 3. The van der Waals surface area contributed by atoms with Gasteiger partial charge in [-0.15, -0.1) is 5.10 Å². The van der Waals surface area contributed by atoms with E-state index in [1.807, 2.05) is 24.3 Å². The van der Waals surface area contributed by atoms with Crippen LogP contribution >= 0.6 is 27.5 Å². The minimum Gasteiger partial charge on any atom is -0.446 e. The van der Waals surface area contributed by atoms with Crippen molar-refractivity contribution in [2.24, 2.45) is 5.10 Å². The lowest BCUT2D eigenvalue weighted by Crippen LogP contribution is -2.26. The SMILES string of the molecule is CC(=O)Oc1ccc(Cl)cc1[C@@H]1OC(c2cccc(Br)c2)=NN1C(C)=O. The predicted octanol–water partition coefficient (Wildman–Crippen LogP) is 4.27. The van der Waals surface area contributed by atoms with E-state index in [1.165, 1.54) is 18.9 Å². The Morgan fingerprint density at radius 3 is 2.65 bits per heavy atom. The molecule has 0 radical (unpaired) electrons. The maximum absolute atomic E-state index is 12.1. The highest BCUT2D eigenvalue weighted by Gasteiger charge is 2.35. The summed E-state index contributed by atoms with van der Waals surface area (Å²) in [6.07, 6.45) is -0.894. The van der Waals surface area contributed by atoms with Crippen molar-refractivity contribution in [3.05, 3.63) is 63.1 Å². The second-order valence-corrected chi connectivity index (χ2v) is 6.88. The van der Waals surface area contributed by atoms with E-state index in [0.29, 0.717) is 16.1 Å². The third-order valence-corrected chi connectivity index (χ3v) is 4.26. The molecule has 3 rings (SSSR count). The van der Waals surface area contributed by atoms with Crippen molar-refractivity contribution in [1.29, 1.82) is 0 Å². The summed E-state index contributed by atoms with van der Waals surface area (Å²) < 4.78 is 12.0. The van der Waals surface area contributed by atoms with Crippen LogP contribution in [0, 0.1) is 0 Å². The van der Waals surface area contributed by atoms with Crippen LogP contribution < -0.4 is 4.74 Å². The minimum atomic E-state index is -0.894. The smallest absolute Gasteiger partial charge is 0.308 e. The maximum atomic E-state index is 12.1. The largest absolute Gasteiger partial charge is 0.446 e. The number of carbonyl (C=O) groups is 2. The maximum Gasteiger partial charge on any atom is 0.308 e. The van der Waals surface area contributed by atoms with Gasteiger partial charge >= 0.3 is 5.97 Å². The van der Waals surface area contributed by atoms with Gasteiger partial charge in [-0.3, -0.25) is 9.59 Å². The number of nitrogens with zero attached hydrogens (tertiary/aromatic N) is 2. The summed E-state index contributed by atoms with van der Waals surface area (Å²) in [6, 6.07) is 12.1. The summed E-state index contributed by atoms with van der Waals surface area (Å²) in [7, 11) is 0. The van der Waals surface area contributed by atoms with Gasteiger partial charge in [-0.05, 0) is 36.4 Å². The highest BCUT2D eigenvalue weighted by Crippen LogP contribution is 2.37. The molecule has 0 fully saturated rings. The average Bonchev–Trinajstić information content (AvgIpc) is 3.01. The summed E-state index contributed by atoms with van der Waals surface area (Å²) in [5, 5.41) is 5.89. The first-order valence-corrected chi connectivity index (χ1v) is 8.81. The van der Waals surface area contributed by atoms with Gasteiger partial charge < -0.3 is 9.47 Å². The molecule has 1 amide bonds. The van der Waals surface area contributed by atoms with Gasteiger partial charge in [0.25, 0.3) is 0 Å². The summed E-state index contributed by atoms with van der Waals surface area (Å²) in [4.78, 5) is 23.5. The standard InChI is InChI=1S/C18H14BrClN2O4/c1-10(23)22-18(15-9-14(20)6-7-16(15)25-11(2)24)26-17(21-22)12-4-3-5-13(19)8-12/h3-9,18H,1-2H3/t18-/m0/s1. The Bertz CT molecular complexity index is 916. The van der Waals surface area contributed by atoms with Crippen LogP contribution in [0.25, 0.3) is 0 Å². The quantitative estimate of drug-likeness (QED) is 0.531. The van der Waals surface area contributed by atoms with Crippen LogP contribution in [0.1, 0.15) is 31.2 Å². The molecule has 2 aromatic rings. The van der Waals surface area contributed by atoms with Crippen molar-refractivity contribution in [1.82, 2.24) is 5.01 Å². The Morgan fingerprint density at radius 2 is 2.00 bits per heavy atom. The molecule has 1 atom stereocenters. The van der Waals surface area contributed by atoms with E-state index in [4.69, 9.17) is 21.1 Å². The molecule has 0 spiro atoms. The Kier molecular flexibility index (Phi) is 5.29. The van der Waals surface area contributed by atoms with Crippen molar-refractivity contribution < 1.29 is 19.1 Å². The molecule has 8 heteroatoms. The molecule has 134 valence electrons. The van der Waals surface area contributed by atoms with Crippen LogP contribution in [-0.4, -0.2) is 22.8 Å². The number of hydrogen-bond donors (Lipinski definition) is 0. The van der Waals surface area contributed by atoms with Gasteiger partial charge in [0.2, 0.25) is 18.0 Å². The fourth-order valence-electron chi connectivity index (χ4n) is 2.47. The second kappa shape index (κ2) is 7.47. The van der Waals surface area contributed by atoms with E-state index in [0.717, 1.165) is 4.47 Å². The summed E-state index contributed by atoms with van der Waals surface area (Å²) in [5.74, 6) is -0.285. The first kappa shape index (κ1) is 18.4. The second-order valence-electron chi connectivity index (χ2n) is 5.53.